The van der Waals surface area contributed by atoms with E-state index in [4.69, 9.17) is 0 Å². The van der Waals surface area contributed by atoms with Gasteiger partial charge in [0.1, 0.15) is 0 Å². The Balaban J connectivity index is 1.29. The van der Waals surface area contributed by atoms with Gasteiger partial charge in [-0.25, -0.2) is 0 Å². The highest BCUT2D eigenvalue weighted by Gasteiger charge is 2.40. The Labute approximate surface area is 223 Å². The van der Waals surface area contributed by atoms with Crippen LogP contribution in [0.15, 0.2) is 115 Å². The van der Waals surface area contributed by atoms with Gasteiger partial charge in [0.2, 0.25) is 0 Å². The van der Waals surface area contributed by atoms with Crippen molar-refractivity contribution in [2.24, 2.45) is 5.92 Å². The summed E-state index contributed by atoms with van der Waals surface area (Å²) in [7, 11) is 0. The number of allylic oxidation sites excluding steroid dienone is 2. The summed E-state index contributed by atoms with van der Waals surface area (Å²) < 4.78 is 0. The molecular formula is C35H30N2O. The lowest BCUT2D eigenvalue weighted by atomic mass is 9.74. The lowest BCUT2D eigenvalue weighted by Crippen LogP contribution is -2.33. The highest BCUT2D eigenvalue weighted by Crippen LogP contribution is 2.52. The summed E-state index contributed by atoms with van der Waals surface area (Å²) in [6.45, 7) is 0.607. The zero-order valence-electron chi connectivity index (χ0n) is 21.2. The zero-order chi connectivity index (χ0) is 25.5. The molecule has 3 nitrogen and oxygen atoms in total. The van der Waals surface area contributed by atoms with Crippen molar-refractivity contribution in [1.82, 2.24) is 5.32 Å². The molecule has 3 heteroatoms. The number of anilines is 1. The minimum absolute atomic E-state index is 0.0211. The summed E-state index contributed by atoms with van der Waals surface area (Å²) >= 11 is 0. The third-order valence-electron chi connectivity index (χ3n) is 8.31. The van der Waals surface area contributed by atoms with Crippen LogP contribution in [0.2, 0.25) is 0 Å². The van der Waals surface area contributed by atoms with Gasteiger partial charge in [0.25, 0.3) is 5.91 Å². The molecular weight excluding hydrogens is 464 g/mol. The Morgan fingerprint density at radius 3 is 2.29 bits per heavy atom. The van der Waals surface area contributed by atoms with Crippen LogP contribution in [0.5, 0.6) is 0 Å². The van der Waals surface area contributed by atoms with E-state index in [1.54, 1.807) is 0 Å². The first-order valence-corrected chi connectivity index (χ1v) is 13.6. The molecule has 5 aromatic carbocycles. The molecule has 0 radical (unpaired) electrons. The third kappa shape index (κ3) is 3.86. The van der Waals surface area contributed by atoms with Gasteiger partial charge in [-0.2, -0.15) is 0 Å². The number of para-hydroxylation sites is 1. The van der Waals surface area contributed by atoms with Crippen molar-refractivity contribution in [2.45, 2.75) is 24.8 Å². The van der Waals surface area contributed by atoms with Gasteiger partial charge < -0.3 is 10.6 Å². The standard InChI is InChI=1S/C35H30N2O/c38-35(36-21-20-23-10-2-1-3-11-23)31-19-9-17-29-28-16-8-18-30(28)34(37-33(29)31)32-26-14-6-4-12-24(26)22-25-13-5-7-15-27(25)32/h1-17,19,22,28,30,34,37H,18,20-21H2,(H,36,38). The van der Waals surface area contributed by atoms with Crippen molar-refractivity contribution in [3.8, 4) is 0 Å². The minimum Gasteiger partial charge on any atom is -0.377 e. The summed E-state index contributed by atoms with van der Waals surface area (Å²) in [4.78, 5) is 13.5. The number of rotatable bonds is 5. The Morgan fingerprint density at radius 2 is 1.53 bits per heavy atom. The van der Waals surface area contributed by atoms with E-state index in [-0.39, 0.29) is 17.9 Å². The molecule has 186 valence electrons. The number of benzene rings is 5. The molecule has 3 unspecified atom stereocenters. The van der Waals surface area contributed by atoms with E-state index >= 15 is 0 Å². The van der Waals surface area contributed by atoms with Crippen molar-refractivity contribution >= 4 is 33.1 Å². The Kier molecular flexibility index (Phi) is 5.70. The SMILES string of the molecule is O=C(NCCc1ccccc1)c1cccc2c1NC(c1c3ccccc3cc3ccccc13)C1CC=CC21. The molecule has 0 saturated heterocycles. The molecule has 0 spiro atoms. The average molecular weight is 495 g/mol. The molecule has 7 rings (SSSR count). The summed E-state index contributed by atoms with van der Waals surface area (Å²) in [5, 5.41) is 12.2. The number of carbonyl (C=O) groups excluding carboxylic acids is 1. The second-order valence-corrected chi connectivity index (χ2v) is 10.5. The molecule has 1 heterocycles. The fourth-order valence-corrected chi connectivity index (χ4v) is 6.54. The van der Waals surface area contributed by atoms with Crippen LogP contribution in [-0.4, -0.2) is 12.5 Å². The van der Waals surface area contributed by atoms with Gasteiger partial charge in [0.15, 0.2) is 0 Å². The topological polar surface area (TPSA) is 41.1 Å². The lowest BCUT2D eigenvalue weighted by Gasteiger charge is -2.39. The first-order valence-electron chi connectivity index (χ1n) is 13.6. The van der Waals surface area contributed by atoms with Gasteiger partial charge in [-0.15, -0.1) is 0 Å². The van der Waals surface area contributed by atoms with Gasteiger partial charge >= 0.3 is 0 Å². The second-order valence-electron chi connectivity index (χ2n) is 10.5. The Hall–Kier alpha value is -4.37. The quantitative estimate of drug-likeness (QED) is 0.193. The summed E-state index contributed by atoms with van der Waals surface area (Å²) in [5.41, 5.74) is 5.48. The molecule has 1 aliphatic heterocycles. The van der Waals surface area contributed by atoms with Crippen molar-refractivity contribution in [3.05, 3.63) is 138 Å². The van der Waals surface area contributed by atoms with Crippen LogP contribution in [0.3, 0.4) is 0 Å². The maximum atomic E-state index is 13.5. The van der Waals surface area contributed by atoms with Gasteiger partial charge in [-0.3, -0.25) is 4.79 Å². The fourth-order valence-electron chi connectivity index (χ4n) is 6.54. The molecule has 3 atom stereocenters. The maximum absolute atomic E-state index is 13.5. The van der Waals surface area contributed by atoms with Crippen molar-refractivity contribution in [1.29, 1.82) is 0 Å². The first-order chi connectivity index (χ1) is 18.8. The number of nitrogens with one attached hydrogen (secondary N) is 2. The second kappa shape index (κ2) is 9.50. The largest absolute Gasteiger partial charge is 0.377 e. The normalized spacial score (nSPS) is 19.6. The van der Waals surface area contributed by atoms with Crippen LogP contribution in [0.4, 0.5) is 5.69 Å². The highest BCUT2D eigenvalue weighted by atomic mass is 16.1. The van der Waals surface area contributed by atoms with Crippen LogP contribution in [0, 0.1) is 5.92 Å². The van der Waals surface area contributed by atoms with Crippen LogP contribution < -0.4 is 10.6 Å². The van der Waals surface area contributed by atoms with Crippen LogP contribution in [0.25, 0.3) is 21.5 Å². The van der Waals surface area contributed by atoms with Crippen LogP contribution in [-0.2, 0) is 6.42 Å². The minimum atomic E-state index is -0.0211. The van der Waals surface area contributed by atoms with E-state index < -0.39 is 0 Å². The summed E-state index contributed by atoms with van der Waals surface area (Å²) in [6, 6.07) is 36.3. The van der Waals surface area contributed by atoms with Crippen molar-refractivity contribution in [2.75, 3.05) is 11.9 Å². The first kappa shape index (κ1) is 22.8. The van der Waals surface area contributed by atoms with E-state index in [0.717, 1.165) is 24.1 Å². The van der Waals surface area contributed by atoms with Crippen molar-refractivity contribution < 1.29 is 4.79 Å². The van der Waals surface area contributed by atoms with E-state index in [2.05, 4.69) is 95.6 Å². The van der Waals surface area contributed by atoms with E-state index in [1.807, 2.05) is 30.3 Å². The van der Waals surface area contributed by atoms with Crippen LogP contribution >= 0.6 is 0 Å². The molecule has 2 aliphatic rings. The van der Waals surface area contributed by atoms with E-state index in [0.29, 0.717) is 12.5 Å². The van der Waals surface area contributed by atoms with E-state index in [1.165, 1.54) is 38.2 Å². The summed E-state index contributed by atoms with van der Waals surface area (Å²) in [5.74, 6) is 0.659. The number of fused-ring (bicyclic) bond motifs is 5. The van der Waals surface area contributed by atoms with Gasteiger partial charge in [0.05, 0.1) is 17.3 Å². The molecule has 0 fully saturated rings. The molecule has 0 saturated carbocycles. The average Bonchev–Trinajstić information content (AvgIpc) is 3.46. The molecule has 2 N–H and O–H groups in total. The molecule has 0 bridgehead atoms. The molecule has 1 amide bonds. The highest BCUT2D eigenvalue weighted by molar-refractivity contribution is 6.04. The molecule has 1 aliphatic carbocycles. The number of carbonyl (C=O) groups is 1. The molecule has 0 aromatic heterocycles. The summed E-state index contributed by atoms with van der Waals surface area (Å²) in [6.07, 6.45) is 6.50. The van der Waals surface area contributed by atoms with E-state index in [9.17, 15) is 4.79 Å². The Morgan fingerprint density at radius 1 is 0.816 bits per heavy atom. The predicted octanol–water partition coefficient (Wildman–Crippen LogP) is 7.79. The zero-order valence-corrected chi connectivity index (χ0v) is 21.2. The number of hydrogen-bond acceptors (Lipinski definition) is 2. The monoisotopic (exact) mass is 494 g/mol. The van der Waals surface area contributed by atoms with Crippen LogP contribution in [0.1, 0.15) is 45.4 Å². The smallest absolute Gasteiger partial charge is 0.253 e. The van der Waals surface area contributed by atoms with Crippen molar-refractivity contribution in [3.63, 3.8) is 0 Å². The number of amides is 1. The third-order valence-corrected chi connectivity index (χ3v) is 8.31. The van der Waals surface area contributed by atoms with Gasteiger partial charge in [0, 0.05) is 12.5 Å². The fraction of sp³-hybridized carbons (Fsp3) is 0.171. The molecule has 5 aromatic rings. The Bertz CT molecular complexity index is 1630. The maximum Gasteiger partial charge on any atom is 0.253 e. The predicted molar refractivity (Wildman–Crippen MR) is 157 cm³/mol. The number of hydrogen-bond donors (Lipinski definition) is 2. The molecule has 38 heavy (non-hydrogen) atoms. The lowest BCUT2D eigenvalue weighted by molar-refractivity contribution is 0.0954. The van der Waals surface area contributed by atoms with Gasteiger partial charge in [-0.05, 0) is 69.1 Å². The van der Waals surface area contributed by atoms with Gasteiger partial charge in [-0.1, -0.05) is 103 Å².